The van der Waals surface area contributed by atoms with Crippen molar-refractivity contribution >= 4 is 17.1 Å². The molecule has 0 unspecified atom stereocenters. The van der Waals surface area contributed by atoms with Gasteiger partial charge < -0.3 is 14.8 Å². The first-order valence-corrected chi connectivity index (χ1v) is 8.51. The van der Waals surface area contributed by atoms with Crippen molar-refractivity contribution < 1.29 is 4.79 Å². The predicted octanol–water partition coefficient (Wildman–Crippen LogP) is 3.49. The average Bonchev–Trinajstić information content (AvgIpc) is 2.92. The molecule has 5 nitrogen and oxygen atoms in total. The Bertz CT molecular complexity index is 884. The molecule has 3 aromatic rings. The van der Waals surface area contributed by atoms with Gasteiger partial charge in [-0.1, -0.05) is 36.4 Å². The number of nitrogens with one attached hydrogen (secondary N) is 1. The lowest BCUT2D eigenvalue weighted by Gasteiger charge is -2.19. The fourth-order valence-electron chi connectivity index (χ4n) is 3.00. The van der Waals surface area contributed by atoms with Gasteiger partial charge in [-0.15, -0.1) is 0 Å². The molecule has 2 aromatic carbocycles. The number of nitrogens with zero attached hydrogens (tertiary/aromatic N) is 3. The number of hydrogen-bond donors (Lipinski definition) is 1. The van der Waals surface area contributed by atoms with E-state index in [4.69, 9.17) is 0 Å². The Morgan fingerprint density at radius 2 is 1.84 bits per heavy atom. The van der Waals surface area contributed by atoms with Crippen LogP contribution in [0.3, 0.4) is 0 Å². The molecule has 25 heavy (non-hydrogen) atoms. The van der Waals surface area contributed by atoms with Gasteiger partial charge in [0.1, 0.15) is 5.82 Å². The van der Waals surface area contributed by atoms with Crippen LogP contribution < -0.4 is 5.32 Å². The van der Waals surface area contributed by atoms with Gasteiger partial charge in [-0.2, -0.15) is 0 Å². The van der Waals surface area contributed by atoms with Crippen molar-refractivity contribution in [2.75, 3.05) is 13.6 Å². The summed E-state index contributed by atoms with van der Waals surface area (Å²) in [6.45, 7) is 5.93. The highest BCUT2D eigenvalue weighted by Gasteiger charge is 2.11. The predicted molar refractivity (Wildman–Crippen MR) is 101 cm³/mol. The largest absolute Gasteiger partial charge is 0.336 e. The first kappa shape index (κ1) is 17.0. The molecule has 0 aliphatic rings. The van der Waals surface area contributed by atoms with Crippen molar-refractivity contribution in [3.8, 4) is 0 Å². The molecule has 0 fully saturated rings. The number of fused-ring (bicyclic) bond motifs is 1. The van der Waals surface area contributed by atoms with Gasteiger partial charge in [0.05, 0.1) is 11.0 Å². The molecular weight excluding hydrogens is 312 g/mol. The van der Waals surface area contributed by atoms with E-state index in [0.717, 1.165) is 22.4 Å². The van der Waals surface area contributed by atoms with Gasteiger partial charge in [0.15, 0.2) is 0 Å². The molecule has 0 spiro atoms. The van der Waals surface area contributed by atoms with Gasteiger partial charge >= 0.3 is 6.03 Å². The third-order valence-corrected chi connectivity index (χ3v) is 4.47. The Morgan fingerprint density at radius 1 is 1.12 bits per heavy atom. The summed E-state index contributed by atoms with van der Waals surface area (Å²) in [5.41, 5.74) is 4.45. The van der Waals surface area contributed by atoms with Crippen LogP contribution in [0.25, 0.3) is 11.0 Å². The molecule has 2 amide bonds. The van der Waals surface area contributed by atoms with Crippen LogP contribution in [0.1, 0.15) is 17.0 Å². The van der Waals surface area contributed by atoms with E-state index in [1.165, 1.54) is 5.56 Å². The van der Waals surface area contributed by atoms with E-state index in [2.05, 4.69) is 40.0 Å². The summed E-state index contributed by atoms with van der Waals surface area (Å²) in [5.74, 6) is 0.962. The van der Waals surface area contributed by atoms with E-state index in [1.54, 1.807) is 4.90 Å². The number of imidazole rings is 1. The Labute approximate surface area is 148 Å². The minimum Gasteiger partial charge on any atom is -0.336 e. The number of rotatable bonds is 5. The highest BCUT2D eigenvalue weighted by Crippen LogP contribution is 2.15. The summed E-state index contributed by atoms with van der Waals surface area (Å²) in [4.78, 5) is 18.6. The lowest BCUT2D eigenvalue weighted by atomic mass is 10.1. The third-order valence-electron chi connectivity index (χ3n) is 4.47. The zero-order valence-corrected chi connectivity index (χ0v) is 15.0. The molecule has 0 saturated carbocycles. The van der Waals surface area contributed by atoms with Gasteiger partial charge in [-0.3, -0.25) is 0 Å². The zero-order chi connectivity index (χ0) is 17.8. The average molecular weight is 336 g/mol. The van der Waals surface area contributed by atoms with Crippen LogP contribution in [0.2, 0.25) is 0 Å². The molecule has 0 aliphatic carbocycles. The molecule has 0 aliphatic heterocycles. The van der Waals surface area contributed by atoms with E-state index in [-0.39, 0.29) is 6.03 Å². The molecule has 0 saturated heterocycles. The molecule has 130 valence electrons. The molecule has 1 heterocycles. The van der Waals surface area contributed by atoms with E-state index in [1.807, 2.05) is 44.3 Å². The Hall–Kier alpha value is -2.82. The quantitative estimate of drug-likeness (QED) is 0.775. The van der Waals surface area contributed by atoms with Gasteiger partial charge in [-0.25, -0.2) is 9.78 Å². The first-order valence-electron chi connectivity index (χ1n) is 8.51. The van der Waals surface area contributed by atoms with Gasteiger partial charge in [0.25, 0.3) is 0 Å². The number of amides is 2. The Balaban J connectivity index is 1.57. The molecule has 5 heteroatoms. The summed E-state index contributed by atoms with van der Waals surface area (Å²) in [7, 11) is 1.82. The van der Waals surface area contributed by atoms with Crippen molar-refractivity contribution in [1.29, 1.82) is 0 Å². The Kier molecular flexibility index (Phi) is 5.03. The van der Waals surface area contributed by atoms with Crippen molar-refractivity contribution in [2.45, 2.75) is 26.9 Å². The van der Waals surface area contributed by atoms with Crippen molar-refractivity contribution in [3.05, 3.63) is 65.5 Å². The zero-order valence-electron chi connectivity index (χ0n) is 15.0. The smallest absolute Gasteiger partial charge is 0.317 e. The van der Waals surface area contributed by atoms with Crippen molar-refractivity contribution in [3.63, 3.8) is 0 Å². The second-order valence-electron chi connectivity index (χ2n) is 6.31. The van der Waals surface area contributed by atoms with Gasteiger partial charge in [-0.05, 0) is 37.1 Å². The molecular formula is C20H24N4O. The number of carbonyl (C=O) groups is 1. The standard InChI is InChI=1S/C20H24N4O/c1-15-8-4-5-9-17(15)14-23(3)20(25)21-12-13-24-16(2)22-18-10-6-7-11-19(18)24/h4-11H,12-14H2,1-3H3,(H,21,25). The van der Waals surface area contributed by atoms with E-state index in [9.17, 15) is 4.79 Å². The monoisotopic (exact) mass is 336 g/mol. The summed E-state index contributed by atoms with van der Waals surface area (Å²) in [5, 5.41) is 2.99. The number of hydrogen-bond acceptors (Lipinski definition) is 2. The summed E-state index contributed by atoms with van der Waals surface area (Å²) >= 11 is 0. The summed E-state index contributed by atoms with van der Waals surface area (Å²) < 4.78 is 2.14. The van der Waals surface area contributed by atoms with Crippen molar-refractivity contribution in [2.24, 2.45) is 0 Å². The highest BCUT2D eigenvalue weighted by molar-refractivity contribution is 5.76. The number of para-hydroxylation sites is 2. The normalized spacial score (nSPS) is 10.8. The molecule has 1 N–H and O–H groups in total. The molecule has 0 radical (unpaired) electrons. The molecule has 0 atom stereocenters. The molecule has 1 aromatic heterocycles. The molecule has 3 rings (SSSR count). The summed E-state index contributed by atoms with van der Waals surface area (Å²) in [6.07, 6.45) is 0. The maximum atomic E-state index is 12.3. The number of carbonyl (C=O) groups excluding carboxylic acids is 1. The second-order valence-corrected chi connectivity index (χ2v) is 6.31. The van der Waals surface area contributed by atoms with Crippen molar-refractivity contribution in [1.82, 2.24) is 19.8 Å². The number of aromatic nitrogens is 2. The van der Waals surface area contributed by atoms with Crippen LogP contribution in [0.15, 0.2) is 48.5 Å². The first-order chi connectivity index (χ1) is 12.1. The maximum Gasteiger partial charge on any atom is 0.317 e. The van der Waals surface area contributed by atoms with Crippen LogP contribution in [-0.2, 0) is 13.1 Å². The van der Waals surface area contributed by atoms with Crippen LogP contribution in [0.4, 0.5) is 4.79 Å². The SMILES string of the molecule is Cc1ccccc1CN(C)C(=O)NCCn1c(C)nc2ccccc21. The fourth-order valence-corrected chi connectivity index (χ4v) is 3.00. The number of benzene rings is 2. The van der Waals surface area contributed by atoms with Crippen LogP contribution in [0, 0.1) is 13.8 Å². The summed E-state index contributed by atoms with van der Waals surface area (Å²) in [6, 6.07) is 16.1. The topological polar surface area (TPSA) is 50.2 Å². The second kappa shape index (κ2) is 7.38. The molecule has 0 bridgehead atoms. The number of urea groups is 1. The minimum absolute atomic E-state index is 0.0645. The lowest BCUT2D eigenvalue weighted by molar-refractivity contribution is 0.206. The van der Waals surface area contributed by atoms with Gasteiger partial charge in [0, 0.05) is 26.7 Å². The van der Waals surface area contributed by atoms with E-state index >= 15 is 0 Å². The maximum absolute atomic E-state index is 12.3. The third kappa shape index (κ3) is 3.82. The van der Waals surface area contributed by atoms with Crippen LogP contribution in [0.5, 0.6) is 0 Å². The lowest BCUT2D eigenvalue weighted by Crippen LogP contribution is -2.38. The van der Waals surface area contributed by atoms with E-state index in [0.29, 0.717) is 19.6 Å². The number of aryl methyl sites for hydroxylation is 2. The fraction of sp³-hybridized carbons (Fsp3) is 0.300. The van der Waals surface area contributed by atoms with Gasteiger partial charge in [0.2, 0.25) is 0 Å². The Morgan fingerprint density at radius 3 is 2.64 bits per heavy atom. The van der Waals surface area contributed by atoms with Crippen LogP contribution >= 0.6 is 0 Å². The van der Waals surface area contributed by atoms with E-state index < -0.39 is 0 Å². The highest BCUT2D eigenvalue weighted by atomic mass is 16.2. The minimum atomic E-state index is -0.0645. The van der Waals surface area contributed by atoms with Crippen LogP contribution in [-0.4, -0.2) is 34.1 Å².